The second kappa shape index (κ2) is 10.9. The minimum Gasteiger partial charge on any atom is -1.00 e. The van der Waals surface area contributed by atoms with Crippen LogP contribution in [-0.2, 0) is 37.0 Å². The maximum absolute atomic E-state index is 11.3. The Hall–Kier alpha value is -2.58. The van der Waals surface area contributed by atoms with Crippen LogP contribution in [0.4, 0.5) is 0 Å². The van der Waals surface area contributed by atoms with Crippen molar-refractivity contribution in [3.63, 3.8) is 0 Å². The van der Waals surface area contributed by atoms with Crippen molar-refractivity contribution in [2.75, 3.05) is 0 Å². The predicted octanol–water partition coefficient (Wildman–Crippen LogP) is -1.61. The normalized spacial score (nSPS) is 13.4. The van der Waals surface area contributed by atoms with Crippen LogP contribution >= 0.6 is 0 Å². The first kappa shape index (κ1) is 30.0. The van der Waals surface area contributed by atoms with Crippen molar-refractivity contribution in [3.8, 4) is 11.5 Å². The Labute approximate surface area is 246 Å². The van der Waals surface area contributed by atoms with Gasteiger partial charge in [-0.1, -0.05) is 41.5 Å². The standard InChI is InChI=1S/C30H36N4O2.2BrH/c1-29(2,3)25-11-21-15-31-7-9-33(19-31)17-23-13-26(30(4,5)6)14-24(28(23)36)18-34-10-8-32(20-34)16-22(12-25)27(21)35;;/h7-14,19-20H,15-18H2,1-6H3;2*1H. The second-order valence-corrected chi connectivity index (χ2v) is 12.3. The quantitative estimate of drug-likeness (QED) is 0.199. The highest BCUT2D eigenvalue weighted by atomic mass is 79.9. The average Bonchev–Trinajstić information content (AvgIpc) is 3.40. The molecule has 0 unspecified atom stereocenters. The van der Waals surface area contributed by atoms with Gasteiger partial charge in [0.2, 0.25) is 12.7 Å². The molecule has 204 valence electrons. The van der Waals surface area contributed by atoms with E-state index >= 15 is 0 Å². The third kappa shape index (κ3) is 6.18. The Morgan fingerprint density at radius 2 is 0.947 bits per heavy atom. The number of aromatic hydroxyl groups is 2. The number of phenols is 2. The van der Waals surface area contributed by atoms with Crippen molar-refractivity contribution >= 4 is 0 Å². The molecule has 0 saturated carbocycles. The second-order valence-electron chi connectivity index (χ2n) is 12.3. The Kier molecular flexibility index (Phi) is 8.59. The molecule has 8 heteroatoms. The maximum Gasteiger partial charge on any atom is 0.244 e. The molecule has 0 amide bonds. The molecule has 0 saturated heterocycles. The lowest BCUT2D eigenvalue weighted by Gasteiger charge is -2.22. The van der Waals surface area contributed by atoms with Crippen LogP contribution < -0.4 is 43.1 Å². The first-order chi connectivity index (χ1) is 16.9. The number of imidazole rings is 2. The summed E-state index contributed by atoms with van der Waals surface area (Å²) in [5, 5.41) is 22.5. The molecule has 0 spiro atoms. The zero-order chi connectivity index (χ0) is 25.8. The summed E-state index contributed by atoms with van der Waals surface area (Å²) in [4.78, 5) is 0. The highest BCUT2D eigenvalue weighted by molar-refractivity contribution is 5.47. The van der Waals surface area contributed by atoms with E-state index in [1.54, 1.807) is 0 Å². The summed E-state index contributed by atoms with van der Waals surface area (Å²) in [7, 11) is 0. The zero-order valence-electron chi connectivity index (χ0n) is 23.0. The molecular weight excluding hydrogens is 608 g/mol. The van der Waals surface area contributed by atoms with Gasteiger partial charge in [-0.3, -0.25) is 0 Å². The summed E-state index contributed by atoms with van der Waals surface area (Å²) < 4.78 is 8.36. The summed E-state index contributed by atoms with van der Waals surface area (Å²) in [5.74, 6) is 0.710. The Morgan fingerprint density at radius 3 is 1.32 bits per heavy atom. The highest BCUT2D eigenvalue weighted by Gasteiger charge is 2.24. The minimum absolute atomic E-state index is 0. The van der Waals surface area contributed by atoms with E-state index in [4.69, 9.17) is 0 Å². The van der Waals surface area contributed by atoms with Crippen molar-refractivity contribution in [2.45, 2.75) is 78.6 Å². The monoisotopic (exact) mass is 644 g/mol. The van der Waals surface area contributed by atoms with Crippen LogP contribution in [0.15, 0.2) is 61.7 Å². The van der Waals surface area contributed by atoms with Gasteiger partial charge in [-0.05, 0) is 46.2 Å². The van der Waals surface area contributed by atoms with E-state index in [9.17, 15) is 10.2 Å². The van der Waals surface area contributed by atoms with Gasteiger partial charge in [-0.15, -0.1) is 0 Å². The summed E-state index contributed by atoms with van der Waals surface area (Å²) in [6, 6.07) is 8.53. The molecule has 2 N–H and O–H groups in total. The van der Waals surface area contributed by atoms with Gasteiger partial charge in [0.05, 0.1) is 0 Å². The topological polar surface area (TPSA) is 58.1 Å². The van der Waals surface area contributed by atoms with Gasteiger partial charge in [0, 0.05) is 22.3 Å². The maximum atomic E-state index is 11.3. The molecular formula is C30H38Br2N4O2. The molecule has 0 radical (unpaired) electrons. The van der Waals surface area contributed by atoms with Gasteiger partial charge in [0.15, 0.2) is 0 Å². The number of fused-ring (bicyclic) bond motifs is 8. The van der Waals surface area contributed by atoms with Crippen molar-refractivity contribution in [1.29, 1.82) is 0 Å². The molecule has 0 atom stereocenters. The van der Waals surface area contributed by atoms with Crippen LogP contribution in [0.1, 0.15) is 74.9 Å². The molecule has 0 fully saturated rings. The third-order valence-corrected chi connectivity index (χ3v) is 7.17. The fraction of sp³-hybridized carbons (Fsp3) is 0.400. The van der Waals surface area contributed by atoms with Crippen LogP contribution in [0.5, 0.6) is 11.5 Å². The number of aromatic nitrogens is 4. The molecule has 3 heterocycles. The first-order valence-corrected chi connectivity index (χ1v) is 12.7. The first-order valence-electron chi connectivity index (χ1n) is 12.7. The van der Waals surface area contributed by atoms with E-state index in [0.717, 1.165) is 22.3 Å². The summed E-state index contributed by atoms with van der Waals surface area (Å²) >= 11 is 0. The lowest BCUT2D eigenvalue weighted by molar-refractivity contribution is -0.688. The molecule has 1 aliphatic rings. The molecule has 5 rings (SSSR count). The van der Waals surface area contributed by atoms with Gasteiger partial charge in [-0.2, -0.15) is 0 Å². The fourth-order valence-corrected chi connectivity index (χ4v) is 4.91. The van der Waals surface area contributed by atoms with Gasteiger partial charge in [0.1, 0.15) is 62.5 Å². The smallest absolute Gasteiger partial charge is 0.244 e. The number of nitrogens with zero attached hydrogens (tertiary/aromatic N) is 4. The average molecular weight is 646 g/mol. The van der Waals surface area contributed by atoms with E-state index < -0.39 is 0 Å². The van der Waals surface area contributed by atoms with Crippen LogP contribution in [0.2, 0.25) is 0 Å². The van der Waals surface area contributed by atoms with Crippen LogP contribution in [0.3, 0.4) is 0 Å². The number of hydrogen-bond acceptors (Lipinski definition) is 2. The van der Waals surface area contributed by atoms with Crippen molar-refractivity contribution in [2.24, 2.45) is 0 Å². The molecule has 8 bridgehead atoms. The van der Waals surface area contributed by atoms with Crippen LogP contribution in [0.25, 0.3) is 0 Å². The SMILES string of the molecule is CC(C)(C)c1cc2c(O)c(c1)Cn1cc[n+](c1)Cc1cc(C(C)(C)C)cc(c1O)C[n+]1ccn(c1)C2.[Br-].[Br-]. The van der Waals surface area contributed by atoms with Crippen LogP contribution in [0, 0.1) is 0 Å². The van der Waals surface area contributed by atoms with Crippen molar-refractivity contribution in [1.82, 2.24) is 9.13 Å². The summed E-state index contributed by atoms with van der Waals surface area (Å²) in [6.07, 6.45) is 12.2. The third-order valence-electron chi connectivity index (χ3n) is 7.17. The number of hydrogen-bond donors (Lipinski definition) is 2. The van der Waals surface area contributed by atoms with Gasteiger partial charge >= 0.3 is 0 Å². The minimum atomic E-state index is -0.0315. The molecule has 1 aliphatic heterocycles. The van der Waals surface area contributed by atoms with Crippen LogP contribution in [-0.4, -0.2) is 19.3 Å². The van der Waals surface area contributed by atoms with Crippen molar-refractivity contribution < 1.29 is 53.3 Å². The molecule has 6 nitrogen and oxygen atoms in total. The van der Waals surface area contributed by atoms with Gasteiger partial charge in [-0.25, -0.2) is 18.3 Å². The number of halogens is 2. The Balaban J connectivity index is 0.00000200. The number of phenolic OH excluding ortho intramolecular Hbond substituents is 2. The predicted molar refractivity (Wildman–Crippen MR) is 139 cm³/mol. The van der Waals surface area contributed by atoms with E-state index in [0.29, 0.717) is 37.7 Å². The zero-order valence-corrected chi connectivity index (χ0v) is 26.2. The number of benzene rings is 2. The Morgan fingerprint density at radius 1 is 0.605 bits per heavy atom. The van der Waals surface area contributed by atoms with E-state index in [-0.39, 0.29) is 44.8 Å². The summed E-state index contributed by atoms with van der Waals surface area (Å²) in [5.41, 5.74) is 5.99. The Bertz CT molecular complexity index is 1250. The molecule has 2 aromatic heterocycles. The van der Waals surface area contributed by atoms with E-state index in [1.165, 1.54) is 11.1 Å². The number of rotatable bonds is 0. The summed E-state index contributed by atoms with van der Waals surface area (Å²) in [6.45, 7) is 15.5. The van der Waals surface area contributed by atoms with E-state index in [1.807, 2.05) is 37.4 Å². The molecule has 0 aliphatic carbocycles. The van der Waals surface area contributed by atoms with Gasteiger partial charge < -0.3 is 44.2 Å². The molecule has 4 aromatic rings. The molecule has 38 heavy (non-hydrogen) atoms. The fourth-order valence-electron chi connectivity index (χ4n) is 4.91. The van der Waals surface area contributed by atoms with E-state index in [2.05, 4.69) is 84.1 Å². The largest absolute Gasteiger partial charge is 1.00 e. The molecule has 2 aromatic carbocycles. The van der Waals surface area contributed by atoms with Crippen molar-refractivity contribution in [3.05, 3.63) is 95.1 Å². The lowest BCUT2D eigenvalue weighted by Crippen LogP contribution is -3.00. The van der Waals surface area contributed by atoms with Gasteiger partial charge in [0.25, 0.3) is 0 Å². The highest BCUT2D eigenvalue weighted by Crippen LogP contribution is 2.33. The lowest BCUT2D eigenvalue weighted by atomic mass is 9.84.